The van der Waals surface area contributed by atoms with Gasteiger partial charge in [0.05, 0.1) is 12.3 Å². The standard InChI is InChI=1S/C5H12F2N2O2S/c1-5(6,7)4-9-12(10,11)3-2-8/h9H,2-4,8H2,1H3. The van der Waals surface area contributed by atoms with Crippen LogP contribution in [0.15, 0.2) is 0 Å². The molecule has 0 saturated carbocycles. The van der Waals surface area contributed by atoms with Crippen molar-refractivity contribution in [3.05, 3.63) is 0 Å². The third-order valence-electron chi connectivity index (χ3n) is 0.989. The van der Waals surface area contributed by atoms with Crippen LogP contribution in [0.2, 0.25) is 0 Å². The van der Waals surface area contributed by atoms with Crippen LogP contribution < -0.4 is 10.5 Å². The first-order valence-electron chi connectivity index (χ1n) is 3.32. The Morgan fingerprint density at radius 1 is 1.50 bits per heavy atom. The lowest BCUT2D eigenvalue weighted by molar-refractivity contribution is 0.0281. The maximum absolute atomic E-state index is 12.1. The molecule has 12 heavy (non-hydrogen) atoms. The molecule has 0 spiro atoms. The fraction of sp³-hybridized carbons (Fsp3) is 1.00. The summed E-state index contributed by atoms with van der Waals surface area (Å²) in [7, 11) is -3.62. The van der Waals surface area contributed by atoms with E-state index in [4.69, 9.17) is 5.73 Å². The van der Waals surface area contributed by atoms with Crippen molar-refractivity contribution >= 4 is 10.0 Å². The molecule has 0 aromatic carbocycles. The SMILES string of the molecule is CC(F)(F)CNS(=O)(=O)CCN. The van der Waals surface area contributed by atoms with E-state index < -0.39 is 22.5 Å². The molecule has 0 amide bonds. The fourth-order valence-electron chi connectivity index (χ4n) is 0.464. The molecule has 0 bridgehead atoms. The predicted octanol–water partition coefficient (Wildman–Crippen LogP) is -0.480. The Bertz CT molecular complexity index is 222. The van der Waals surface area contributed by atoms with Gasteiger partial charge in [0.2, 0.25) is 10.0 Å². The first-order chi connectivity index (χ1) is 5.27. The fourth-order valence-corrected chi connectivity index (χ4v) is 1.39. The van der Waals surface area contributed by atoms with Gasteiger partial charge in [0, 0.05) is 13.5 Å². The van der Waals surface area contributed by atoms with Crippen LogP contribution >= 0.6 is 0 Å². The molecule has 0 fully saturated rings. The molecule has 4 nitrogen and oxygen atoms in total. The number of halogens is 2. The second-order valence-corrected chi connectivity index (χ2v) is 4.43. The number of nitrogens with one attached hydrogen (secondary N) is 1. The molecule has 0 atom stereocenters. The molecule has 0 aliphatic rings. The highest BCUT2D eigenvalue weighted by molar-refractivity contribution is 7.89. The summed E-state index contributed by atoms with van der Waals surface area (Å²) < 4.78 is 47.5. The van der Waals surface area contributed by atoms with Gasteiger partial charge in [-0.1, -0.05) is 0 Å². The van der Waals surface area contributed by atoms with Crippen LogP contribution in [0.4, 0.5) is 8.78 Å². The molecule has 0 aromatic rings. The van der Waals surface area contributed by atoms with Gasteiger partial charge in [-0.3, -0.25) is 0 Å². The van der Waals surface area contributed by atoms with Crippen molar-refractivity contribution in [1.29, 1.82) is 0 Å². The van der Waals surface area contributed by atoms with E-state index in [-0.39, 0.29) is 12.3 Å². The third kappa shape index (κ3) is 6.44. The summed E-state index contributed by atoms with van der Waals surface area (Å²) in [6.45, 7) is -0.322. The van der Waals surface area contributed by atoms with Gasteiger partial charge >= 0.3 is 0 Å². The molecule has 3 N–H and O–H groups in total. The molecule has 0 rings (SSSR count). The summed E-state index contributed by atoms with van der Waals surface area (Å²) in [6, 6.07) is 0. The number of nitrogens with two attached hydrogens (primary N) is 1. The number of alkyl halides is 2. The minimum absolute atomic E-state index is 0.0788. The first-order valence-corrected chi connectivity index (χ1v) is 4.97. The van der Waals surface area contributed by atoms with Gasteiger partial charge < -0.3 is 5.73 Å². The highest BCUT2D eigenvalue weighted by atomic mass is 32.2. The zero-order valence-electron chi connectivity index (χ0n) is 6.68. The molecule has 0 heterocycles. The Kier molecular flexibility index (Phi) is 4.01. The summed E-state index contributed by atoms with van der Waals surface area (Å²) in [4.78, 5) is 0. The van der Waals surface area contributed by atoms with Crippen molar-refractivity contribution < 1.29 is 17.2 Å². The Hall–Kier alpha value is -0.270. The van der Waals surface area contributed by atoms with Crippen molar-refractivity contribution in [1.82, 2.24) is 4.72 Å². The van der Waals surface area contributed by atoms with E-state index in [1.807, 2.05) is 0 Å². The van der Waals surface area contributed by atoms with Crippen molar-refractivity contribution in [2.24, 2.45) is 5.73 Å². The van der Waals surface area contributed by atoms with Crippen LogP contribution in [0.3, 0.4) is 0 Å². The molecular formula is C5H12F2N2O2S. The molecule has 0 saturated heterocycles. The first kappa shape index (κ1) is 11.7. The lowest BCUT2D eigenvalue weighted by Crippen LogP contribution is -2.37. The topological polar surface area (TPSA) is 72.2 Å². The van der Waals surface area contributed by atoms with Gasteiger partial charge in [-0.15, -0.1) is 0 Å². The summed E-state index contributed by atoms with van der Waals surface area (Å²) >= 11 is 0. The van der Waals surface area contributed by atoms with Gasteiger partial charge in [0.25, 0.3) is 5.92 Å². The highest BCUT2D eigenvalue weighted by Crippen LogP contribution is 2.09. The van der Waals surface area contributed by atoms with Crippen molar-refractivity contribution in [3.63, 3.8) is 0 Å². The van der Waals surface area contributed by atoms with E-state index in [1.54, 1.807) is 4.72 Å². The van der Waals surface area contributed by atoms with Gasteiger partial charge in [0.1, 0.15) is 0 Å². The average molecular weight is 202 g/mol. The number of sulfonamides is 1. The Morgan fingerprint density at radius 2 is 2.00 bits per heavy atom. The Labute approximate surface area is 70.2 Å². The number of hydrogen-bond donors (Lipinski definition) is 2. The van der Waals surface area contributed by atoms with E-state index in [9.17, 15) is 17.2 Å². The van der Waals surface area contributed by atoms with Crippen LogP contribution in [-0.4, -0.2) is 33.2 Å². The number of rotatable bonds is 5. The minimum atomic E-state index is -3.62. The minimum Gasteiger partial charge on any atom is -0.329 e. The maximum atomic E-state index is 12.1. The molecule has 0 aliphatic heterocycles. The molecule has 0 aromatic heterocycles. The summed E-state index contributed by atoms with van der Waals surface area (Å²) in [5, 5.41) is 0. The third-order valence-corrected chi connectivity index (χ3v) is 2.35. The van der Waals surface area contributed by atoms with Crippen molar-refractivity contribution in [2.75, 3.05) is 18.8 Å². The van der Waals surface area contributed by atoms with Crippen molar-refractivity contribution in [3.8, 4) is 0 Å². The monoisotopic (exact) mass is 202 g/mol. The quantitative estimate of drug-likeness (QED) is 0.632. The van der Waals surface area contributed by atoms with Crippen LogP contribution in [-0.2, 0) is 10.0 Å². The van der Waals surface area contributed by atoms with E-state index in [2.05, 4.69) is 0 Å². The van der Waals surface area contributed by atoms with Gasteiger partial charge in [0.15, 0.2) is 0 Å². The average Bonchev–Trinajstić information content (AvgIpc) is 1.83. The van der Waals surface area contributed by atoms with E-state index >= 15 is 0 Å². The smallest absolute Gasteiger partial charge is 0.258 e. The Balaban J connectivity index is 3.94. The van der Waals surface area contributed by atoms with Gasteiger partial charge in [-0.2, -0.15) is 0 Å². The van der Waals surface area contributed by atoms with E-state index in [0.29, 0.717) is 6.92 Å². The molecule has 0 aliphatic carbocycles. The summed E-state index contributed by atoms with van der Waals surface area (Å²) in [5.74, 6) is -3.36. The van der Waals surface area contributed by atoms with Gasteiger partial charge in [-0.05, 0) is 0 Å². The summed E-state index contributed by atoms with van der Waals surface area (Å²) in [6.07, 6.45) is 0. The van der Waals surface area contributed by atoms with Crippen LogP contribution in [0, 0.1) is 0 Å². The van der Waals surface area contributed by atoms with E-state index in [0.717, 1.165) is 0 Å². The molecule has 0 radical (unpaired) electrons. The largest absolute Gasteiger partial charge is 0.329 e. The molecular weight excluding hydrogens is 190 g/mol. The zero-order chi connectivity index (χ0) is 9.83. The normalized spacial score (nSPS) is 13.3. The zero-order valence-corrected chi connectivity index (χ0v) is 7.50. The van der Waals surface area contributed by atoms with Crippen LogP contribution in [0.5, 0.6) is 0 Å². The van der Waals surface area contributed by atoms with Crippen LogP contribution in [0.25, 0.3) is 0 Å². The lowest BCUT2D eigenvalue weighted by atomic mass is 10.4. The Morgan fingerprint density at radius 3 is 2.33 bits per heavy atom. The van der Waals surface area contributed by atoms with Crippen LogP contribution in [0.1, 0.15) is 6.92 Å². The van der Waals surface area contributed by atoms with E-state index in [1.165, 1.54) is 0 Å². The highest BCUT2D eigenvalue weighted by Gasteiger charge is 2.23. The number of hydrogen-bond acceptors (Lipinski definition) is 3. The molecule has 74 valence electrons. The van der Waals surface area contributed by atoms with Gasteiger partial charge in [-0.25, -0.2) is 21.9 Å². The second kappa shape index (κ2) is 4.11. The molecule has 7 heteroatoms. The molecule has 0 unspecified atom stereocenters. The summed E-state index contributed by atoms with van der Waals surface area (Å²) in [5.41, 5.74) is 4.95. The maximum Gasteiger partial charge on any atom is 0.258 e. The lowest BCUT2D eigenvalue weighted by Gasteiger charge is -2.10. The van der Waals surface area contributed by atoms with Crippen molar-refractivity contribution in [2.45, 2.75) is 12.8 Å². The predicted molar refractivity (Wildman–Crippen MR) is 41.5 cm³/mol. The second-order valence-electron chi connectivity index (χ2n) is 2.50.